The molecule has 20 heavy (non-hydrogen) atoms. The van der Waals surface area contributed by atoms with E-state index in [0.29, 0.717) is 28.2 Å². The van der Waals surface area contributed by atoms with Crippen LogP contribution in [0.25, 0.3) is 11.4 Å². The maximum atomic E-state index is 6.06. The van der Waals surface area contributed by atoms with E-state index in [2.05, 4.69) is 15.5 Å². The second-order valence-electron chi connectivity index (χ2n) is 4.68. The van der Waals surface area contributed by atoms with Crippen LogP contribution in [0, 0.1) is 0 Å². The summed E-state index contributed by atoms with van der Waals surface area (Å²) < 4.78 is 7.24. The number of ether oxygens (including phenoxy) is 1. The summed E-state index contributed by atoms with van der Waals surface area (Å²) in [7, 11) is 0. The Morgan fingerprint density at radius 2 is 2.20 bits per heavy atom. The normalized spacial score (nSPS) is 19.2. The van der Waals surface area contributed by atoms with Crippen molar-refractivity contribution in [2.45, 2.75) is 18.9 Å². The summed E-state index contributed by atoms with van der Waals surface area (Å²) in [5, 5.41) is 12.6. The van der Waals surface area contributed by atoms with Crippen molar-refractivity contribution in [3.63, 3.8) is 0 Å². The summed E-state index contributed by atoms with van der Waals surface area (Å²) in [6.45, 7) is 1.39. The molecule has 1 aromatic carbocycles. The Kier molecular flexibility index (Phi) is 3.78. The predicted octanol–water partition coefficient (Wildman–Crippen LogP) is 2.58. The van der Waals surface area contributed by atoms with Crippen LogP contribution in [-0.2, 0) is 4.74 Å². The van der Waals surface area contributed by atoms with Crippen molar-refractivity contribution in [2.24, 2.45) is 0 Å². The van der Waals surface area contributed by atoms with E-state index in [1.54, 1.807) is 16.8 Å². The van der Waals surface area contributed by atoms with Gasteiger partial charge in [0.15, 0.2) is 5.82 Å². The number of rotatable bonds is 2. The van der Waals surface area contributed by atoms with Gasteiger partial charge in [-0.2, -0.15) is 0 Å². The minimum atomic E-state index is 0.129. The second-order valence-corrected chi connectivity index (χ2v) is 5.46. The molecule has 2 N–H and O–H groups in total. The van der Waals surface area contributed by atoms with E-state index in [0.717, 1.165) is 25.0 Å². The van der Waals surface area contributed by atoms with Gasteiger partial charge in [-0.05, 0) is 35.4 Å². The van der Waals surface area contributed by atoms with Crippen LogP contribution >= 0.6 is 23.2 Å². The summed E-state index contributed by atoms with van der Waals surface area (Å²) in [5.41, 5.74) is 6.99. The Labute approximate surface area is 125 Å². The first-order chi connectivity index (χ1) is 9.66. The average molecular weight is 314 g/mol. The van der Waals surface area contributed by atoms with Crippen LogP contribution in [0.3, 0.4) is 0 Å². The van der Waals surface area contributed by atoms with E-state index in [4.69, 9.17) is 33.7 Å². The number of anilines is 1. The summed E-state index contributed by atoms with van der Waals surface area (Å²) in [4.78, 5) is 0. The molecule has 0 bridgehead atoms. The van der Waals surface area contributed by atoms with Crippen molar-refractivity contribution in [2.75, 3.05) is 18.9 Å². The first-order valence-electron chi connectivity index (χ1n) is 6.27. The maximum Gasteiger partial charge on any atom is 0.182 e. The molecule has 0 spiro atoms. The molecule has 6 nitrogen and oxygen atoms in total. The Bertz CT molecular complexity index is 601. The largest absolute Gasteiger partial charge is 0.397 e. The number of halogens is 2. The van der Waals surface area contributed by atoms with Crippen LogP contribution in [0.4, 0.5) is 5.69 Å². The van der Waals surface area contributed by atoms with Crippen LogP contribution < -0.4 is 5.73 Å². The quantitative estimate of drug-likeness (QED) is 0.862. The molecule has 8 heteroatoms. The lowest BCUT2D eigenvalue weighted by molar-refractivity contribution is 0.0548. The molecule has 1 saturated heterocycles. The summed E-state index contributed by atoms with van der Waals surface area (Å²) in [5.74, 6) is 0.616. The van der Waals surface area contributed by atoms with Gasteiger partial charge >= 0.3 is 0 Å². The molecular weight excluding hydrogens is 301 g/mol. The second kappa shape index (κ2) is 5.55. The van der Waals surface area contributed by atoms with Gasteiger partial charge < -0.3 is 10.5 Å². The molecule has 1 fully saturated rings. The molecule has 0 radical (unpaired) electrons. The smallest absolute Gasteiger partial charge is 0.182 e. The third kappa shape index (κ3) is 2.46. The van der Waals surface area contributed by atoms with Crippen LogP contribution in [0.2, 0.25) is 10.0 Å². The van der Waals surface area contributed by atoms with E-state index in [9.17, 15) is 0 Å². The molecule has 2 aromatic rings. The zero-order chi connectivity index (χ0) is 14.1. The zero-order valence-electron chi connectivity index (χ0n) is 10.6. The fraction of sp³-hybridized carbons (Fsp3) is 0.417. The molecule has 1 aliphatic rings. The molecule has 3 rings (SSSR count). The highest BCUT2D eigenvalue weighted by atomic mass is 35.5. The fourth-order valence-corrected chi connectivity index (χ4v) is 2.62. The molecular formula is C12H13Cl2N5O. The maximum absolute atomic E-state index is 6.06. The highest BCUT2D eigenvalue weighted by molar-refractivity contribution is 6.43. The van der Waals surface area contributed by atoms with Crippen LogP contribution in [0.15, 0.2) is 12.1 Å². The SMILES string of the molecule is Nc1cc(-c2nnnn2C2CCCOC2)cc(Cl)c1Cl. The topological polar surface area (TPSA) is 78.9 Å². The van der Waals surface area contributed by atoms with Crippen molar-refractivity contribution in [1.29, 1.82) is 0 Å². The number of hydrogen-bond donors (Lipinski definition) is 1. The highest BCUT2D eigenvalue weighted by Crippen LogP contribution is 2.34. The molecule has 2 heterocycles. The number of hydrogen-bond acceptors (Lipinski definition) is 5. The number of benzene rings is 1. The minimum Gasteiger partial charge on any atom is -0.397 e. The molecule has 1 aliphatic heterocycles. The van der Waals surface area contributed by atoms with E-state index in [1.165, 1.54) is 0 Å². The molecule has 0 amide bonds. The number of nitrogen functional groups attached to an aromatic ring is 1. The monoisotopic (exact) mass is 313 g/mol. The zero-order valence-corrected chi connectivity index (χ0v) is 12.1. The van der Waals surface area contributed by atoms with Gasteiger partial charge in [0, 0.05) is 12.2 Å². The number of nitrogens with zero attached hydrogens (tertiary/aromatic N) is 4. The highest BCUT2D eigenvalue weighted by Gasteiger charge is 2.22. The molecule has 1 unspecified atom stereocenters. The third-order valence-electron chi connectivity index (χ3n) is 3.29. The molecule has 0 saturated carbocycles. The van der Waals surface area contributed by atoms with Crippen molar-refractivity contribution >= 4 is 28.9 Å². The van der Waals surface area contributed by atoms with Gasteiger partial charge in [0.2, 0.25) is 0 Å². The van der Waals surface area contributed by atoms with Gasteiger partial charge in [-0.25, -0.2) is 4.68 Å². The number of nitrogens with two attached hydrogens (primary N) is 1. The molecule has 1 atom stereocenters. The lowest BCUT2D eigenvalue weighted by Gasteiger charge is -2.22. The van der Waals surface area contributed by atoms with Gasteiger partial charge in [-0.1, -0.05) is 23.2 Å². The van der Waals surface area contributed by atoms with E-state index < -0.39 is 0 Å². The number of tetrazole rings is 1. The molecule has 106 valence electrons. The first kappa shape index (κ1) is 13.6. The average Bonchev–Trinajstić information content (AvgIpc) is 2.94. The fourth-order valence-electron chi connectivity index (χ4n) is 2.29. The van der Waals surface area contributed by atoms with E-state index >= 15 is 0 Å². The van der Waals surface area contributed by atoms with Crippen molar-refractivity contribution in [1.82, 2.24) is 20.2 Å². The van der Waals surface area contributed by atoms with E-state index in [1.807, 2.05) is 0 Å². The van der Waals surface area contributed by atoms with Crippen molar-refractivity contribution in [3.05, 3.63) is 22.2 Å². The molecule has 0 aliphatic carbocycles. The van der Waals surface area contributed by atoms with Gasteiger partial charge in [-0.3, -0.25) is 0 Å². The Hall–Kier alpha value is -1.37. The summed E-state index contributed by atoms with van der Waals surface area (Å²) >= 11 is 12.0. The summed E-state index contributed by atoms with van der Waals surface area (Å²) in [6, 6.07) is 3.57. The van der Waals surface area contributed by atoms with Crippen molar-refractivity contribution in [3.8, 4) is 11.4 Å². The van der Waals surface area contributed by atoms with Gasteiger partial charge in [0.05, 0.1) is 28.4 Å². The Morgan fingerprint density at radius 3 is 2.90 bits per heavy atom. The lowest BCUT2D eigenvalue weighted by Crippen LogP contribution is -2.23. The first-order valence-corrected chi connectivity index (χ1v) is 7.03. The predicted molar refractivity (Wildman–Crippen MR) is 76.8 cm³/mol. The standard InChI is InChI=1S/C12H13Cl2N5O/c13-9-4-7(5-10(15)11(9)14)12-16-17-18-19(12)8-2-1-3-20-6-8/h4-5,8H,1-3,6,15H2. The number of aromatic nitrogens is 4. The third-order valence-corrected chi connectivity index (χ3v) is 4.11. The van der Waals surface area contributed by atoms with Crippen molar-refractivity contribution < 1.29 is 4.74 Å². The van der Waals surface area contributed by atoms with Crippen LogP contribution in [-0.4, -0.2) is 33.4 Å². The molecule has 1 aromatic heterocycles. The van der Waals surface area contributed by atoms with Crippen LogP contribution in [0.1, 0.15) is 18.9 Å². The van der Waals surface area contributed by atoms with E-state index in [-0.39, 0.29) is 6.04 Å². The van der Waals surface area contributed by atoms with Crippen LogP contribution in [0.5, 0.6) is 0 Å². The lowest BCUT2D eigenvalue weighted by atomic mass is 10.1. The van der Waals surface area contributed by atoms with Gasteiger partial charge in [0.1, 0.15) is 0 Å². The minimum absolute atomic E-state index is 0.129. The Morgan fingerprint density at radius 1 is 1.35 bits per heavy atom. The van der Waals surface area contributed by atoms with Gasteiger partial charge in [0.25, 0.3) is 0 Å². The Balaban J connectivity index is 2.00. The summed E-state index contributed by atoms with van der Waals surface area (Å²) in [6.07, 6.45) is 1.97. The van der Waals surface area contributed by atoms with Gasteiger partial charge in [-0.15, -0.1) is 5.10 Å².